The second kappa shape index (κ2) is 9.03. The molecule has 0 aliphatic carbocycles. The molecule has 0 saturated heterocycles. The van der Waals surface area contributed by atoms with Crippen molar-refractivity contribution in [2.45, 2.75) is 44.5 Å². The molecule has 0 aliphatic rings. The topological polar surface area (TPSA) is 72.9 Å². The summed E-state index contributed by atoms with van der Waals surface area (Å²) in [5.74, 6) is 2.82. The Balaban J connectivity index is 1.69. The predicted molar refractivity (Wildman–Crippen MR) is 108 cm³/mol. The number of aryl methyl sites for hydroxylation is 1. The van der Waals surface area contributed by atoms with Crippen LogP contribution in [0.1, 0.15) is 38.9 Å². The van der Waals surface area contributed by atoms with Gasteiger partial charge in [0.1, 0.15) is 0 Å². The van der Waals surface area contributed by atoms with Crippen molar-refractivity contribution in [1.29, 1.82) is 0 Å². The summed E-state index contributed by atoms with van der Waals surface area (Å²) in [4.78, 5) is 6.71. The molecule has 3 aromatic rings. The number of nitrogens with zero attached hydrogens (tertiary/aromatic N) is 6. The lowest BCUT2D eigenvalue weighted by atomic mass is 10.2. The average Bonchev–Trinajstić information content (AvgIpc) is 3.28. The van der Waals surface area contributed by atoms with Gasteiger partial charge in [-0.15, -0.1) is 10.2 Å². The molecular formula is C19H26N6OS. The molecule has 0 atom stereocenters. The van der Waals surface area contributed by atoms with Crippen molar-refractivity contribution < 1.29 is 4.52 Å². The second-order valence-electron chi connectivity index (χ2n) is 6.23. The molecule has 2 heterocycles. The number of rotatable bonds is 9. The highest BCUT2D eigenvalue weighted by Gasteiger charge is 2.14. The lowest BCUT2D eigenvalue weighted by molar-refractivity contribution is 0.384. The van der Waals surface area contributed by atoms with Crippen LogP contribution in [0.25, 0.3) is 11.4 Å². The van der Waals surface area contributed by atoms with E-state index < -0.39 is 0 Å². The number of thioether (sulfide) groups is 1. The summed E-state index contributed by atoms with van der Waals surface area (Å²) in [6, 6.07) is 8.47. The summed E-state index contributed by atoms with van der Waals surface area (Å²) in [6.45, 7) is 8.42. The Morgan fingerprint density at radius 3 is 2.48 bits per heavy atom. The van der Waals surface area contributed by atoms with E-state index in [1.54, 1.807) is 11.8 Å². The van der Waals surface area contributed by atoms with E-state index in [-0.39, 0.29) is 0 Å². The van der Waals surface area contributed by atoms with E-state index in [0.29, 0.717) is 11.6 Å². The molecule has 0 aliphatic heterocycles. The van der Waals surface area contributed by atoms with Gasteiger partial charge in [-0.2, -0.15) is 4.98 Å². The third-order valence-electron chi connectivity index (χ3n) is 4.40. The molecule has 1 aromatic carbocycles. The van der Waals surface area contributed by atoms with Gasteiger partial charge in [-0.25, -0.2) is 0 Å². The van der Waals surface area contributed by atoms with Crippen molar-refractivity contribution >= 4 is 17.4 Å². The molecule has 0 N–H and O–H groups in total. The van der Waals surface area contributed by atoms with Crippen LogP contribution in [0, 0.1) is 0 Å². The monoisotopic (exact) mass is 386 g/mol. The van der Waals surface area contributed by atoms with Gasteiger partial charge < -0.3 is 14.0 Å². The van der Waals surface area contributed by atoms with Crippen LogP contribution in [0.3, 0.4) is 0 Å². The highest BCUT2D eigenvalue weighted by atomic mass is 32.2. The fourth-order valence-electron chi connectivity index (χ4n) is 2.90. The molecule has 0 amide bonds. The highest BCUT2D eigenvalue weighted by Crippen LogP contribution is 2.26. The average molecular weight is 387 g/mol. The molecule has 2 aromatic heterocycles. The Hall–Kier alpha value is -2.35. The summed E-state index contributed by atoms with van der Waals surface area (Å²) in [5.41, 5.74) is 2.27. The number of hydrogen-bond donors (Lipinski definition) is 0. The van der Waals surface area contributed by atoms with Crippen LogP contribution in [-0.2, 0) is 19.2 Å². The Kier molecular flexibility index (Phi) is 6.49. The first-order valence-corrected chi connectivity index (χ1v) is 10.3. The van der Waals surface area contributed by atoms with Crippen LogP contribution in [0.15, 0.2) is 33.9 Å². The summed E-state index contributed by atoms with van der Waals surface area (Å²) in [6.07, 6.45) is 1.84. The summed E-state index contributed by atoms with van der Waals surface area (Å²) in [5, 5.41) is 13.5. The normalized spacial score (nSPS) is 11.1. The van der Waals surface area contributed by atoms with E-state index >= 15 is 0 Å². The Morgan fingerprint density at radius 1 is 1.07 bits per heavy atom. The van der Waals surface area contributed by atoms with E-state index in [1.807, 2.05) is 11.6 Å². The number of hydrogen-bond acceptors (Lipinski definition) is 7. The molecule has 3 rings (SSSR count). The molecule has 0 radical (unpaired) electrons. The van der Waals surface area contributed by atoms with Crippen LogP contribution >= 0.6 is 11.8 Å². The van der Waals surface area contributed by atoms with Gasteiger partial charge in [0.15, 0.2) is 16.8 Å². The van der Waals surface area contributed by atoms with Gasteiger partial charge in [0.2, 0.25) is 5.89 Å². The van der Waals surface area contributed by atoms with E-state index in [1.165, 1.54) is 5.69 Å². The van der Waals surface area contributed by atoms with Crippen molar-refractivity contribution in [1.82, 2.24) is 24.9 Å². The predicted octanol–water partition coefficient (Wildman–Crippen LogP) is 3.96. The van der Waals surface area contributed by atoms with E-state index in [4.69, 9.17) is 4.52 Å². The highest BCUT2D eigenvalue weighted by molar-refractivity contribution is 7.98. The minimum Gasteiger partial charge on any atom is -0.372 e. The second-order valence-corrected chi connectivity index (χ2v) is 7.17. The van der Waals surface area contributed by atoms with Crippen LogP contribution < -0.4 is 4.90 Å². The fourth-order valence-corrected chi connectivity index (χ4v) is 3.65. The molecule has 0 spiro atoms. The molecule has 7 nitrogen and oxygen atoms in total. The molecule has 27 heavy (non-hydrogen) atoms. The van der Waals surface area contributed by atoms with Crippen molar-refractivity contribution in [3.63, 3.8) is 0 Å². The van der Waals surface area contributed by atoms with Crippen LogP contribution in [0.5, 0.6) is 0 Å². The van der Waals surface area contributed by atoms with Crippen molar-refractivity contribution in [3.8, 4) is 11.4 Å². The molecule has 0 saturated carbocycles. The standard InChI is InChI=1S/C19H26N6OS/c1-5-8-16-20-17(26-23-16)13-27-19-22-21-18(24(19)4)14-9-11-15(12-10-14)25(6-2)7-3/h9-12H,5-8,13H2,1-4H3. The maximum atomic E-state index is 5.28. The molecule has 0 fully saturated rings. The van der Waals surface area contributed by atoms with E-state index in [9.17, 15) is 0 Å². The maximum absolute atomic E-state index is 5.28. The zero-order chi connectivity index (χ0) is 19.2. The van der Waals surface area contributed by atoms with Gasteiger partial charge in [-0.05, 0) is 44.5 Å². The van der Waals surface area contributed by atoms with Gasteiger partial charge in [-0.1, -0.05) is 23.8 Å². The van der Waals surface area contributed by atoms with Crippen molar-refractivity contribution in [2.75, 3.05) is 18.0 Å². The zero-order valence-electron chi connectivity index (χ0n) is 16.3. The summed E-state index contributed by atoms with van der Waals surface area (Å²) < 4.78 is 7.28. The van der Waals surface area contributed by atoms with E-state index in [2.05, 4.69) is 70.3 Å². The third-order valence-corrected chi connectivity index (χ3v) is 5.40. The van der Waals surface area contributed by atoms with Crippen LogP contribution in [-0.4, -0.2) is 38.0 Å². The molecule has 8 heteroatoms. The Labute approximate surface area is 164 Å². The fraction of sp³-hybridized carbons (Fsp3) is 0.474. The van der Waals surface area contributed by atoms with Crippen molar-refractivity contribution in [3.05, 3.63) is 36.0 Å². The van der Waals surface area contributed by atoms with E-state index in [0.717, 1.165) is 48.3 Å². The number of aromatic nitrogens is 5. The first kappa shape index (κ1) is 19.4. The minimum atomic E-state index is 0.587. The van der Waals surface area contributed by atoms with Gasteiger partial charge >= 0.3 is 0 Å². The lowest BCUT2D eigenvalue weighted by Crippen LogP contribution is -2.21. The third kappa shape index (κ3) is 4.50. The van der Waals surface area contributed by atoms with Gasteiger partial charge in [-0.3, -0.25) is 0 Å². The minimum absolute atomic E-state index is 0.587. The van der Waals surface area contributed by atoms with Gasteiger partial charge in [0.05, 0.1) is 5.75 Å². The largest absolute Gasteiger partial charge is 0.372 e. The first-order chi connectivity index (χ1) is 13.2. The summed E-state index contributed by atoms with van der Waals surface area (Å²) >= 11 is 1.55. The number of benzene rings is 1. The van der Waals surface area contributed by atoms with Crippen molar-refractivity contribution in [2.24, 2.45) is 7.05 Å². The lowest BCUT2D eigenvalue weighted by Gasteiger charge is -2.21. The Bertz CT molecular complexity index is 853. The van der Waals surface area contributed by atoms with Gasteiger partial charge in [0, 0.05) is 37.8 Å². The molecule has 0 bridgehead atoms. The van der Waals surface area contributed by atoms with Crippen LogP contribution in [0.2, 0.25) is 0 Å². The first-order valence-electron chi connectivity index (χ1n) is 9.35. The van der Waals surface area contributed by atoms with Crippen LogP contribution in [0.4, 0.5) is 5.69 Å². The van der Waals surface area contributed by atoms with Gasteiger partial charge in [0.25, 0.3) is 0 Å². The SMILES string of the molecule is CCCc1noc(CSc2nnc(-c3ccc(N(CC)CC)cc3)n2C)n1. The molecular weight excluding hydrogens is 360 g/mol. The zero-order valence-corrected chi connectivity index (χ0v) is 17.2. The molecule has 144 valence electrons. The maximum Gasteiger partial charge on any atom is 0.237 e. The number of anilines is 1. The smallest absolute Gasteiger partial charge is 0.237 e. The molecule has 0 unspecified atom stereocenters. The quantitative estimate of drug-likeness (QED) is 0.515. The summed E-state index contributed by atoms with van der Waals surface area (Å²) in [7, 11) is 1.98. The Morgan fingerprint density at radius 2 is 1.81 bits per heavy atom.